The summed E-state index contributed by atoms with van der Waals surface area (Å²) in [5, 5.41) is 8.90. The molecule has 1 aromatic heterocycles. The van der Waals surface area contributed by atoms with E-state index in [1.165, 1.54) is 0 Å². The zero-order valence-electron chi connectivity index (χ0n) is 9.99. The fourth-order valence-electron chi connectivity index (χ4n) is 1.74. The molecule has 4 heteroatoms. The van der Waals surface area contributed by atoms with E-state index in [0.29, 0.717) is 6.42 Å². The highest BCUT2D eigenvalue weighted by Gasteiger charge is 2.02. The van der Waals surface area contributed by atoms with Crippen LogP contribution in [0.1, 0.15) is 5.56 Å². The maximum absolute atomic E-state index is 8.90. The first kappa shape index (κ1) is 14.6. The molecule has 0 amide bonds. The zero-order chi connectivity index (χ0) is 12.1. The number of rotatable bonds is 4. The highest BCUT2D eigenvalue weighted by Crippen LogP contribution is 2.18. The van der Waals surface area contributed by atoms with E-state index in [0.717, 1.165) is 16.7 Å². The maximum atomic E-state index is 8.90. The van der Waals surface area contributed by atoms with Crippen LogP contribution in [-0.4, -0.2) is 22.7 Å². The molecule has 1 unspecified atom stereocenters. The van der Waals surface area contributed by atoms with E-state index in [2.05, 4.69) is 17.1 Å². The van der Waals surface area contributed by atoms with Gasteiger partial charge in [-0.15, -0.1) is 12.4 Å². The molecule has 0 spiro atoms. The number of aliphatic hydroxyl groups is 1. The summed E-state index contributed by atoms with van der Waals surface area (Å²) in [6, 6.07) is 12.0. The van der Waals surface area contributed by atoms with E-state index in [4.69, 9.17) is 10.8 Å². The van der Waals surface area contributed by atoms with Gasteiger partial charge in [0.2, 0.25) is 0 Å². The number of halogens is 1. The summed E-state index contributed by atoms with van der Waals surface area (Å²) in [7, 11) is 0. The molecule has 0 aliphatic carbocycles. The van der Waals surface area contributed by atoms with Gasteiger partial charge in [0.25, 0.3) is 0 Å². The molecule has 18 heavy (non-hydrogen) atoms. The van der Waals surface area contributed by atoms with E-state index < -0.39 is 0 Å². The summed E-state index contributed by atoms with van der Waals surface area (Å²) < 4.78 is 0. The van der Waals surface area contributed by atoms with Gasteiger partial charge in [-0.1, -0.05) is 24.3 Å². The molecule has 0 aliphatic heterocycles. The monoisotopic (exact) mass is 264 g/mol. The molecule has 3 nitrogen and oxygen atoms in total. The average Bonchev–Trinajstić information content (AvgIpc) is 2.40. The van der Waals surface area contributed by atoms with Crippen molar-refractivity contribution in [1.82, 2.24) is 4.98 Å². The Morgan fingerprint density at radius 1 is 1.00 bits per heavy atom. The first-order valence-electron chi connectivity index (χ1n) is 5.65. The van der Waals surface area contributed by atoms with Crippen molar-refractivity contribution in [3.05, 3.63) is 54.4 Å². The van der Waals surface area contributed by atoms with Crippen LogP contribution in [0.5, 0.6) is 0 Å². The number of hydrogen-bond donors (Lipinski definition) is 2. The minimum atomic E-state index is -0.179. The van der Waals surface area contributed by atoms with Crippen LogP contribution >= 0.6 is 12.4 Å². The largest absolute Gasteiger partial charge is 0.395 e. The van der Waals surface area contributed by atoms with Crippen molar-refractivity contribution in [3.8, 4) is 11.1 Å². The Labute approximate surface area is 113 Å². The van der Waals surface area contributed by atoms with Gasteiger partial charge in [-0.05, 0) is 35.2 Å². The van der Waals surface area contributed by atoms with Crippen molar-refractivity contribution in [1.29, 1.82) is 0 Å². The Morgan fingerprint density at radius 2 is 1.56 bits per heavy atom. The van der Waals surface area contributed by atoms with Gasteiger partial charge < -0.3 is 10.8 Å². The summed E-state index contributed by atoms with van der Waals surface area (Å²) >= 11 is 0. The smallest absolute Gasteiger partial charge is 0.0585 e. The van der Waals surface area contributed by atoms with Gasteiger partial charge >= 0.3 is 0 Å². The fraction of sp³-hybridized carbons (Fsp3) is 0.214. The molecule has 2 aromatic rings. The third-order valence-corrected chi connectivity index (χ3v) is 2.70. The van der Waals surface area contributed by atoms with Crippen LogP contribution in [0.25, 0.3) is 11.1 Å². The molecule has 3 N–H and O–H groups in total. The van der Waals surface area contributed by atoms with Crippen LogP contribution in [0, 0.1) is 0 Å². The van der Waals surface area contributed by atoms with Crippen LogP contribution in [0.2, 0.25) is 0 Å². The number of nitrogens with zero attached hydrogens (tertiary/aromatic N) is 1. The summed E-state index contributed by atoms with van der Waals surface area (Å²) in [4.78, 5) is 3.99. The molecule has 1 aromatic carbocycles. The molecule has 96 valence electrons. The number of hydrogen-bond acceptors (Lipinski definition) is 3. The maximum Gasteiger partial charge on any atom is 0.0585 e. The van der Waals surface area contributed by atoms with Crippen molar-refractivity contribution in [3.63, 3.8) is 0 Å². The highest BCUT2D eigenvalue weighted by molar-refractivity contribution is 5.85. The fourth-order valence-corrected chi connectivity index (χ4v) is 1.74. The van der Waals surface area contributed by atoms with E-state index in [1.807, 2.05) is 24.3 Å². The second kappa shape index (κ2) is 7.11. The molecule has 0 saturated carbocycles. The van der Waals surface area contributed by atoms with Crippen LogP contribution in [0.15, 0.2) is 48.8 Å². The summed E-state index contributed by atoms with van der Waals surface area (Å²) in [5.41, 5.74) is 9.15. The van der Waals surface area contributed by atoms with Crippen molar-refractivity contribution < 1.29 is 5.11 Å². The van der Waals surface area contributed by atoms with Crippen LogP contribution < -0.4 is 5.73 Å². The lowest BCUT2D eigenvalue weighted by Gasteiger charge is -2.08. The number of nitrogens with two attached hydrogens (primary N) is 1. The standard InChI is InChI=1S/C14H16N2O.ClH/c15-14(10-17)9-11-1-3-12(4-2-11)13-5-7-16-8-6-13;/h1-8,14,17H,9-10,15H2;1H. The Morgan fingerprint density at radius 3 is 2.11 bits per heavy atom. The lowest BCUT2D eigenvalue weighted by Crippen LogP contribution is -2.26. The van der Waals surface area contributed by atoms with Gasteiger partial charge in [0.05, 0.1) is 6.61 Å². The van der Waals surface area contributed by atoms with Crippen molar-refractivity contribution >= 4 is 12.4 Å². The van der Waals surface area contributed by atoms with Crippen LogP contribution in [-0.2, 0) is 6.42 Å². The minimum Gasteiger partial charge on any atom is -0.395 e. The van der Waals surface area contributed by atoms with E-state index in [1.54, 1.807) is 12.4 Å². The third kappa shape index (κ3) is 3.81. The van der Waals surface area contributed by atoms with Gasteiger partial charge in [-0.2, -0.15) is 0 Å². The SMILES string of the molecule is Cl.NC(CO)Cc1ccc(-c2ccncc2)cc1. The Balaban J connectivity index is 0.00000162. The predicted molar refractivity (Wildman–Crippen MR) is 75.7 cm³/mol. The summed E-state index contributed by atoms with van der Waals surface area (Å²) in [6.45, 7) is 0.0199. The molecule has 0 bridgehead atoms. The Kier molecular flexibility index (Phi) is 5.78. The van der Waals surface area contributed by atoms with Gasteiger partial charge in [-0.3, -0.25) is 4.98 Å². The highest BCUT2D eigenvalue weighted by atomic mass is 35.5. The molecule has 0 radical (unpaired) electrons. The quantitative estimate of drug-likeness (QED) is 0.888. The molecule has 0 saturated heterocycles. The normalized spacial score (nSPS) is 11.7. The molecule has 1 atom stereocenters. The molecule has 2 rings (SSSR count). The topological polar surface area (TPSA) is 59.1 Å². The van der Waals surface area contributed by atoms with E-state index in [-0.39, 0.29) is 25.1 Å². The molecule has 0 fully saturated rings. The zero-order valence-corrected chi connectivity index (χ0v) is 10.8. The summed E-state index contributed by atoms with van der Waals surface area (Å²) in [5.74, 6) is 0. The van der Waals surface area contributed by atoms with Crippen molar-refractivity contribution in [2.45, 2.75) is 12.5 Å². The third-order valence-electron chi connectivity index (χ3n) is 2.70. The second-order valence-corrected chi connectivity index (χ2v) is 4.08. The van der Waals surface area contributed by atoms with Gasteiger partial charge in [0.1, 0.15) is 0 Å². The average molecular weight is 265 g/mol. The number of pyridine rings is 1. The van der Waals surface area contributed by atoms with Crippen LogP contribution in [0.3, 0.4) is 0 Å². The minimum absolute atomic E-state index is 0. The number of aliphatic hydroxyl groups excluding tert-OH is 1. The molecule has 0 aliphatic rings. The summed E-state index contributed by atoms with van der Waals surface area (Å²) in [6.07, 6.45) is 4.27. The van der Waals surface area contributed by atoms with E-state index in [9.17, 15) is 0 Å². The molecular formula is C14H17ClN2O. The lowest BCUT2D eigenvalue weighted by molar-refractivity contribution is 0.265. The van der Waals surface area contributed by atoms with Gasteiger partial charge in [0.15, 0.2) is 0 Å². The molecule has 1 heterocycles. The Bertz CT molecular complexity index is 459. The van der Waals surface area contributed by atoms with Gasteiger partial charge in [0, 0.05) is 18.4 Å². The predicted octanol–water partition coefficient (Wildman–Crippen LogP) is 2.03. The Hall–Kier alpha value is -1.42. The lowest BCUT2D eigenvalue weighted by atomic mass is 10.0. The van der Waals surface area contributed by atoms with Crippen LogP contribution in [0.4, 0.5) is 0 Å². The molecular weight excluding hydrogens is 248 g/mol. The first-order valence-corrected chi connectivity index (χ1v) is 5.65. The van der Waals surface area contributed by atoms with Crippen molar-refractivity contribution in [2.24, 2.45) is 5.73 Å². The first-order chi connectivity index (χ1) is 8.29. The van der Waals surface area contributed by atoms with Gasteiger partial charge in [-0.25, -0.2) is 0 Å². The second-order valence-electron chi connectivity index (χ2n) is 4.08. The number of benzene rings is 1. The van der Waals surface area contributed by atoms with E-state index >= 15 is 0 Å². The van der Waals surface area contributed by atoms with Crippen molar-refractivity contribution in [2.75, 3.05) is 6.61 Å². The number of aromatic nitrogens is 1.